The zero-order chi connectivity index (χ0) is 10.5. The molecule has 0 fully saturated rings. The van der Waals surface area contributed by atoms with Gasteiger partial charge >= 0.3 is 0 Å². The van der Waals surface area contributed by atoms with Gasteiger partial charge in [0.2, 0.25) is 0 Å². The summed E-state index contributed by atoms with van der Waals surface area (Å²) < 4.78 is 10.6. The van der Waals surface area contributed by atoms with Gasteiger partial charge in [0.15, 0.2) is 12.3 Å². The molecule has 80 valence electrons. The highest BCUT2D eigenvalue weighted by atomic mass is 16.4. The molecule has 2 aromatic rings. The van der Waals surface area contributed by atoms with Gasteiger partial charge in [-0.15, -0.1) is 10.2 Å². The van der Waals surface area contributed by atoms with E-state index < -0.39 is 0 Å². The molecule has 2 N–H and O–H groups in total. The predicted octanol–water partition coefficient (Wildman–Crippen LogP) is 0.803. The summed E-state index contributed by atoms with van der Waals surface area (Å²) in [6.07, 6.45) is 2.72. The van der Waals surface area contributed by atoms with Gasteiger partial charge in [-0.05, 0) is 18.6 Å². The van der Waals surface area contributed by atoms with E-state index in [4.69, 9.17) is 8.83 Å². The van der Waals surface area contributed by atoms with Crippen LogP contribution in [0.1, 0.15) is 19.2 Å². The van der Waals surface area contributed by atoms with Gasteiger partial charge in [-0.2, -0.15) is 0 Å². The number of aromatic nitrogens is 2. The molecule has 0 aliphatic heterocycles. The fourth-order valence-electron chi connectivity index (χ4n) is 1.27. The van der Waals surface area contributed by atoms with E-state index in [-0.39, 0.29) is 0 Å². The van der Waals surface area contributed by atoms with Crippen LogP contribution in [-0.2, 0) is 6.54 Å². The van der Waals surface area contributed by atoms with Crippen LogP contribution in [0.3, 0.4) is 0 Å². The minimum atomic E-state index is 0.444. The molecule has 0 atom stereocenters. The lowest BCUT2D eigenvalue weighted by Crippen LogP contribution is -2.82. The smallest absolute Gasteiger partial charge is 0.283 e. The summed E-state index contributed by atoms with van der Waals surface area (Å²) in [5.41, 5.74) is 0. The Balaban J connectivity index is 1.98. The van der Waals surface area contributed by atoms with Crippen LogP contribution in [0, 0.1) is 0 Å². The molecule has 0 radical (unpaired) electrons. The van der Waals surface area contributed by atoms with Crippen molar-refractivity contribution in [1.82, 2.24) is 10.2 Å². The summed E-state index contributed by atoms with van der Waals surface area (Å²) in [7, 11) is 0. The Morgan fingerprint density at radius 1 is 1.40 bits per heavy atom. The molecule has 2 rings (SSSR count). The molecule has 2 aromatic heterocycles. The van der Waals surface area contributed by atoms with Gasteiger partial charge in [0.1, 0.15) is 0 Å². The second kappa shape index (κ2) is 4.75. The maximum absolute atomic E-state index is 5.43. The Kier molecular flexibility index (Phi) is 3.14. The van der Waals surface area contributed by atoms with Crippen molar-refractivity contribution in [3.8, 4) is 11.7 Å². The molecule has 0 amide bonds. The van der Waals surface area contributed by atoms with E-state index in [1.165, 1.54) is 0 Å². The highest BCUT2D eigenvalue weighted by Crippen LogP contribution is 2.17. The Morgan fingerprint density at radius 3 is 3.07 bits per heavy atom. The first-order chi connectivity index (χ1) is 7.40. The third kappa shape index (κ3) is 2.44. The Bertz CT molecular complexity index is 394. The number of quaternary nitrogens is 1. The lowest BCUT2D eigenvalue weighted by atomic mass is 10.4. The summed E-state index contributed by atoms with van der Waals surface area (Å²) in [6, 6.07) is 3.59. The van der Waals surface area contributed by atoms with Crippen molar-refractivity contribution in [3.05, 3.63) is 24.3 Å². The monoisotopic (exact) mass is 208 g/mol. The number of hydrogen-bond donors (Lipinski definition) is 1. The van der Waals surface area contributed by atoms with E-state index >= 15 is 0 Å². The van der Waals surface area contributed by atoms with E-state index in [0.717, 1.165) is 19.5 Å². The average Bonchev–Trinajstić information content (AvgIpc) is 2.87. The van der Waals surface area contributed by atoms with Gasteiger partial charge in [0, 0.05) is 0 Å². The predicted molar refractivity (Wildman–Crippen MR) is 52.8 cm³/mol. The molecule has 0 bridgehead atoms. The number of nitrogens with zero attached hydrogens (tertiary/aromatic N) is 2. The molecule has 0 unspecified atom stereocenters. The van der Waals surface area contributed by atoms with Crippen LogP contribution in [0.4, 0.5) is 0 Å². The van der Waals surface area contributed by atoms with Gasteiger partial charge in [-0.3, -0.25) is 0 Å². The topological polar surface area (TPSA) is 68.7 Å². The summed E-state index contributed by atoms with van der Waals surface area (Å²) in [6.45, 7) is 3.93. The third-order valence-corrected chi connectivity index (χ3v) is 2.01. The van der Waals surface area contributed by atoms with Crippen LogP contribution in [0.5, 0.6) is 0 Å². The standard InChI is InChI=1S/C10H13N3O2/c1-2-5-11-7-9-12-13-10(15-9)8-4-3-6-14-8/h3-4,6,11H,2,5,7H2,1H3/p+1. The molecule has 5 heteroatoms. The van der Waals surface area contributed by atoms with Gasteiger partial charge in [-0.25, -0.2) is 0 Å². The lowest BCUT2D eigenvalue weighted by Gasteiger charge is -1.93. The molecule has 0 aliphatic carbocycles. The fraction of sp³-hybridized carbons (Fsp3) is 0.400. The molecule has 0 spiro atoms. The molecule has 2 heterocycles. The maximum atomic E-state index is 5.43. The van der Waals surface area contributed by atoms with E-state index in [0.29, 0.717) is 17.5 Å². The van der Waals surface area contributed by atoms with Gasteiger partial charge in [0.05, 0.1) is 12.8 Å². The molecule has 0 aromatic carbocycles. The van der Waals surface area contributed by atoms with Crippen molar-refractivity contribution in [1.29, 1.82) is 0 Å². The Morgan fingerprint density at radius 2 is 2.33 bits per heavy atom. The van der Waals surface area contributed by atoms with Gasteiger partial charge in [0.25, 0.3) is 11.8 Å². The molecule has 0 aliphatic rings. The van der Waals surface area contributed by atoms with Crippen molar-refractivity contribution in [2.75, 3.05) is 6.54 Å². The van der Waals surface area contributed by atoms with Crippen LogP contribution in [0.2, 0.25) is 0 Å². The summed E-state index contributed by atoms with van der Waals surface area (Å²) in [4.78, 5) is 0. The Labute approximate surface area is 87.5 Å². The minimum absolute atomic E-state index is 0.444. The maximum Gasteiger partial charge on any atom is 0.283 e. The molecule has 0 saturated carbocycles. The van der Waals surface area contributed by atoms with Crippen LogP contribution < -0.4 is 5.32 Å². The van der Waals surface area contributed by atoms with Gasteiger partial charge < -0.3 is 14.2 Å². The second-order valence-electron chi connectivity index (χ2n) is 3.26. The largest absolute Gasteiger partial charge is 0.459 e. The van der Waals surface area contributed by atoms with Crippen molar-refractivity contribution in [2.45, 2.75) is 19.9 Å². The van der Waals surface area contributed by atoms with E-state index in [1.54, 1.807) is 18.4 Å². The highest BCUT2D eigenvalue weighted by molar-refractivity contribution is 5.42. The SMILES string of the molecule is CCC[NH2+]Cc1nnc(-c2ccco2)o1. The fourth-order valence-corrected chi connectivity index (χ4v) is 1.27. The minimum Gasteiger partial charge on any atom is -0.459 e. The van der Waals surface area contributed by atoms with Crippen LogP contribution in [0.15, 0.2) is 27.2 Å². The third-order valence-electron chi connectivity index (χ3n) is 2.01. The summed E-state index contributed by atoms with van der Waals surface area (Å²) >= 11 is 0. The van der Waals surface area contributed by atoms with Crippen molar-refractivity contribution in [2.24, 2.45) is 0 Å². The van der Waals surface area contributed by atoms with Crippen LogP contribution >= 0.6 is 0 Å². The van der Waals surface area contributed by atoms with Crippen molar-refractivity contribution < 1.29 is 14.2 Å². The van der Waals surface area contributed by atoms with E-state index in [9.17, 15) is 0 Å². The number of nitrogens with two attached hydrogens (primary N) is 1. The quantitative estimate of drug-likeness (QED) is 0.738. The van der Waals surface area contributed by atoms with E-state index in [2.05, 4.69) is 22.4 Å². The molecule has 5 nitrogen and oxygen atoms in total. The zero-order valence-corrected chi connectivity index (χ0v) is 8.64. The average molecular weight is 208 g/mol. The van der Waals surface area contributed by atoms with Crippen LogP contribution in [0.25, 0.3) is 11.7 Å². The second-order valence-corrected chi connectivity index (χ2v) is 3.26. The summed E-state index contributed by atoms with van der Waals surface area (Å²) in [5.74, 6) is 1.69. The lowest BCUT2D eigenvalue weighted by molar-refractivity contribution is -0.672. The number of rotatable bonds is 5. The van der Waals surface area contributed by atoms with E-state index in [1.807, 2.05) is 0 Å². The first kappa shape index (κ1) is 9.92. The Hall–Kier alpha value is -1.62. The number of hydrogen-bond acceptors (Lipinski definition) is 4. The summed E-state index contributed by atoms with van der Waals surface area (Å²) in [5, 5.41) is 9.98. The van der Waals surface area contributed by atoms with Crippen LogP contribution in [-0.4, -0.2) is 16.7 Å². The molecule has 0 saturated heterocycles. The molecule has 15 heavy (non-hydrogen) atoms. The molecular weight excluding hydrogens is 194 g/mol. The van der Waals surface area contributed by atoms with Gasteiger partial charge in [-0.1, -0.05) is 6.92 Å². The van der Waals surface area contributed by atoms with Crippen molar-refractivity contribution >= 4 is 0 Å². The first-order valence-corrected chi connectivity index (χ1v) is 5.08. The normalized spacial score (nSPS) is 10.7. The zero-order valence-electron chi connectivity index (χ0n) is 8.64. The number of furan rings is 1. The molecular formula is C10H14N3O2+. The first-order valence-electron chi connectivity index (χ1n) is 5.08. The van der Waals surface area contributed by atoms with Crippen molar-refractivity contribution in [3.63, 3.8) is 0 Å². The highest BCUT2D eigenvalue weighted by Gasteiger charge is 2.10.